The number of nitrogens with zero attached hydrogens (tertiary/aromatic N) is 3. The molecule has 0 saturated carbocycles. The summed E-state index contributed by atoms with van der Waals surface area (Å²) in [6.07, 6.45) is 0.811. The summed E-state index contributed by atoms with van der Waals surface area (Å²) < 4.78 is 13.5. The zero-order valence-electron chi connectivity index (χ0n) is 17.4. The number of carbonyl (C=O) groups is 1. The van der Waals surface area contributed by atoms with E-state index in [1.165, 1.54) is 11.3 Å². The summed E-state index contributed by atoms with van der Waals surface area (Å²) in [4.78, 5) is 17.1. The average Bonchev–Trinajstić information content (AvgIpc) is 3.34. The SMILES string of the molecule is COc1ccc2nc(-n3nc(C)cc3NC(=O)CCCOc3ccc(Cl)cc3Cl)sc2c1. The molecule has 4 aromatic rings. The Hall–Kier alpha value is -2.81. The number of hydrogen-bond donors (Lipinski definition) is 1. The van der Waals surface area contributed by atoms with Gasteiger partial charge in [-0.3, -0.25) is 4.79 Å². The molecule has 2 aromatic heterocycles. The number of ether oxygens (including phenoxy) is 2. The Morgan fingerprint density at radius 1 is 1.19 bits per heavy atom. The first-order valence-corrected chi connectivity index (χ1v) is 11.4. The number of anilines is 1. The molecule has 0 aliphatic heterocycles. The third-order valence-corrected chi connectivity index (χ3v) is 6.09. The van der Waals surface area contributed by atoms with Crippen LogP contribution in [0.1, 0.15) is 18.5 Å². The monoisotopic (exact) mass is 490 g/mol. The average molecular weight is 491 g/mol. The number of benzene rings is 2. The number of methoxy groups -OCH3 is 1. The van der Waals surface area contributed by atoms with E-state index in [1.807, 2.05) is 31.2 Å². The molecule has 0 radical (unpaired) electrons. The van der Waals surface area contributed by atoms with Crippen molar-refractivity contribution in [2.24, 2.45) is 0 Å². The number of hydrogen-bond acceptors (Lipinski definition) is 6. The van der Waals surface area contributed by atoms with Gasteiger partial charge in [-0.05, 0) is 49.7 Å². The van der Waals surface area contributed by atoms with Crippen molar-refractivity contribution in [3.8, 4) is 16.6 Å². The Balaban J connectivity index is 1.39. The van der Waals surface area contributed by atoms with Crippen LogP contribution in [0.2, 0.25) is 10.0 Å². The van der Waals surface area contributed by atoms with Gasteiger partial charge in [0.15, 0.2) is 0 Å². The minimum absolute atomic E-state index is 0.139. The maximum atomic E-state index is 12.5. The van der Waals surface area contributed by atoms with Crippen molar-refractivity contribution >= 4 is 56.5 Å². The molecule has 0 fully saturated rings. The fourth-order valence-electron chi connectivity index (χ4n) is 3.06. The third kappa shape index (κ3) is 5.15. The Kier molecular flexibility index (Phi) is 6.83. The normalized spacial score (nSPS) is 11.0. The Morgan fingerprint density at radius 3 is 2.81 bits per heavy atom. The highest BCUT2D eigenvalue weighted by atomic mass is 35.5. The quantitative estimate of drug-likeness (QED) is 0.311. The summed E-state index contributed by atoms with van der Waals surface area (Å²) in [5.74, 6) is 1.73. The lowest BCUT2D eigenvalue weighted by molar-refractivity contribution is -0.116. The molecule has 0 spiro atoms. The highest BCUT2D eigenvalue weighted by Gasteiger charge is 2.15. The van der Waals surface area contributed by atoms with Gasteiger partial charge >= 0.3 is 0 Å². The summed E-state index contributed by atoms with van der Waals surface area (Å²) in [5, 5.41) is 9.06. The van der Waals surface area contributed by atoms with Crippen molar-refractivity contribution < 1.29 is 14.3 Å². The number of carbonyl (C=O) groups excluding carboxylic acids is 1. The molecular formula is C22H20Cl2N4O3S. The standard InChI is InChI=1S/C22H20Cl2N4O3S/c1-13-10-20(26-21(29)4-3-9-31-18-8-5-14(23)11-16(18)24)28(27-13)22-25-17-7-6-15(30-2)12-19(17)32-22/h5-8,10-12H,3-4,9H2,1-2H3,(H,26,29). The molecule has 1 N–H and O–H groups in total. The molecule has 0 atom stereocenters. The lowest BCUT2D eigenvalue weighted by atomic mass is 10.3. The molecule has 0 aliphatic rings. The smallest absolute Gasteiger partial charge is 0.225 e. The lowest BCUT2D eigenvalue weighted by Crippen LogP contribution is -2.15. The minimum Gasteiger partial charge on any atom is -0.497 e. The number of aromatic nitrogens is 3. The minimum atomic E-state index is -0.139. The highest BCUT2D eigenvalue weighted by Crippen LogP contribution is 2.30. The first-order chi connectivity index (χ1) is 15.4. The molecule has 2 heterocycles. The number of nitrogens with one attached hydrogen (secondary N) is 1. The van der Waals surface area contributed by atoms with Crippen molar-refractivity contribution in [1.82, 2.24) is 14.8 Å². The van der Waals surface area contributed by atoms with E-state index in [9.17, 15) is 4.79 Å². The maximum Gasteiger partial charge on any atom is 0.225 e. The van der Waals surface area contributed by atoms with Crippen LogP contribution >= 0.6 is 34.5 Å². The van der Waals surface area contributed by atoms with Crippen molar-refractivity contribution in [3.63, 3.8) is 0 Å². The number of aryl methyl sites for hydroxylation is 1. The topological polar surface area (TPSA) is 78.3 Å². The van der Waals surface area contributed by atoms with E-state index in [-0.39, 0.29) is 12.3 Å². The molecule has 0 unspecified atom stereocenters. The predicted octanol–water partition coefficient (Wildman–Crippen LogP) is 5.90. The summed E-state index contributed by atoms with van der Waals surface area (Å²) in [6.45, 7) is 2.22. The first-order valence-electron chi connectivity index (χ1n) is 9.82. The van der Waals surface area contributed by atoms with Crippen molar-refractivity contribution in [3.05, 3.63) is 58.2 Å². The molecule has 32 heavy (non-hydrogen) atoms. The largest absolute Gasteiger partial charge is 0.497 e. The zero-order valence-corrected chi connectivity index (χ0v) is 19.7. The van der Waals surface area contributed by atoms with Crippen molar-refractivity contribution in [2.45, 2.75) is 19.8 Å². The van der Waals surface area contributed by atoms with Crippen LogP contribution in [0.3, 0.4) is 0 Å². The van der Waals surface area contributed by atoms with Crippen LogP contribution in [0.15, 0.2) is 42.5 Å². The Morgan fingerprint density at radius 2 is 2.03 bits per heavy atom. The molecule has 2 aromatic carbocycles. The summed E-state index contributed by atoms with van der Waals surface area (Å²) in [7, 11) is 1.63. The summed E-state index contributed by atoms with van der Waals surface area (Å²) >= 11 is 13.4. The van der Waals surface area contributed by atoms with Crippen LogP contribution in [0, 0.1) is 6.92 Å². The van der Waals surface area contributed by atoms with Crippen LogP contribution in [0.25, 0.3) is 15.3 Å². The molecule has 1 amide bonds. The predicted molar refractivity (Wildman–Crippen MR) is 128 cm³/mol. The zero-order chi connectivity index (χ0) is 22.7. The number of rotatable bonds is 8. The van der Waals surface area contributed by atoms with Crippen LogP contribution in [0.5, 0.6) is 11.5 Å². The van der Waals surface area contributed by atoms with Gasteiger partial charge in [-0.1, -0.05) is 34.5 Å². The molecular weight excluding hydrogens is 471 g/mol. The van der Waals surface area contributed by atoms with E-state index >= 15 is 0 Å². The molecule has 4 rings (SSSR count). The Labute approximate surface area is 198 Å². The van der Waals surface area contributed by atoms with Gasteiger partial charge in [0, 0.05) is 17.5 Å². The summed E-state index contributed by atoms with van der Waals surface area (Å²) in [6, 6.07) is 12.5. The van der Waals surface area contributed by atoms with Gasteiger partial charge in [-0.2, -0.15) is 9.78 Å². The molecule has 166 valence electrons. The van der Waals surface area contributed by atoms with Crippen molar-refractivity contribution in [2.75, 3.05) is 19.0 Å². The van der Waals surface area contributed by atoms with Crippen LogP contribution in [-0.4, -0.2) is 34.4 Å². The lowest BCUT2D eigenvalue weighted by Gasteiger charge is -2.09. The number of amides is 1. The Bertz CT molecular complexity index is 1270. The van der Waals surface area contributed by atoms with Crippen LogP contribution in [0.4, 0.5) is 5.82 Å². The van der Waals surface area contributed by atoms with Crippen molar-refractivity contribution in [1.29, 1.82) is 0 Å². The number of halogens is 2. The second-order valence-electron chi connectivity index (χ2n) is 6.99. The van der Waals surface area contributed by atoms with E-state index < -0.39 is 0 Å². The third-order valence-electron chi connectivity index (χ3n) is 4.56. The van der Waals surface area contributed by atoms with Gasteiger partial charge in [-0.25, -0.2) is 4.98 Å². The molecule has 0 bridgehead atoms. The molecule has 7 nitrogen and oxygen atoms in total. The fraction of sp³-hybridized carbons (Fsp3) is 0.227. The van der Waals surface area contributed by atoms with Gasteiger partial charge in [0.05, 0.1) is 34.6 Å². The van der Waals surface area contributed by atoms with Gasteiger partial charge in [-0.15, -0.1) is 0 Å². The van der Waals surface area contributed by atoms with Gasteiger partial charge in [0.2, 0.25) is 11.0 Å². The number of fused-ring (bicyclic) bond motifs is 1. The second kappa shape index (κ2) is 9.77. The van der Waals surface area contributed by atoms with Gasteiger partial charge < -0.3 is 14.8 Å². The highest BCUT2D eigenvalue weighted by molar-refractivity contribution is 7.20. The maximum absolute atomic E-state index is 12.5. The molecule has 10 heteroatoms. The van der Waals surface area contributed by atoms with E-state index in [2.05, 4.69) is 15.4 Å². The fourth-order valence-corrected chi connectivity index (χ4v) is 4.48. The van der Waals surface area contributed by atoms with E-state index in [0.717, 1.165) is 21.7 Å². The van der Waals surface area contributed by atoms with E-state index in [4.69, 9.17) is 32.7 Å². The van der Waals surface area contributed by atoms with Gasteiger partial charge in [0.25, 0.3) is 0 Å². The van der Waals surface area contributed by atoms with Gasteiger partial charge in [0.1, 0.15) is 17.3 Å². The van der Waals surface area contributed by atoms with E-state index in [1.54, 1.807) is 30.0 Å². The second-order valence-corrected chi connectivity index (χ2v) is 8.84. The first kappa shape index (κ1) is 22.4. The van der Waals surface area contributed by atoms with Crippen LogP contribution < -0.4 is 14.8 Å². The van der Waals surface area contributed by atoms with Crippen LogP contribution in [-0.2, 0) is 4.79 Å². The molecule has 0 aliphatic carbocycles. The molecule has 0 saturated heterocycles. The number of thiazole rings is 1. The summed E-state index contributed by atoms with van der Waals surface area (Å²) in [5.41, 5.74) is 1.62. The van der Waals surface area contributed by atoms with E-state index in [0.29, 0.717) is 39.8 Å².